The van der Waals surface area contributed by atoms with Crippen LogP contribution in [0.3, 0.4) is 0 Å². The summed E-state index contributed by atoms with van der Waals surface area (Å²) < 4.78 is 7.07. The summed E-state index contributed by atoms with van der Waals surface area (Å²) >= 11 is 0. The van der Waals surface area contributed by atoms with Gasteiger partial charge in [0.2, 0.25) is 0 Å². The lowest BCUT2D eigenvalue weighted by Gasteiger charge is -2.06. The fourth-order valence-corrected chi connectivity index (χ4v) is 2.73. The second kappa shape index (κ2) is 8.35. The van der Waals surface area contributed by atoms with E-state index < -0.39 is 5.97 Å². The van der Waals surface area contributed by atoms with Gasteiger partial charge in [0.05, 0.1) is 5.69 Å². The van der Waals surface area contributed by atoms with Crippen LogP contribution >= 0.6 is 0 Å². The van der Waals surface area contributed by atoms with E-state index in [2.05, 4.69) is 10.4 Å². The third kappa shape index (κ3) is 4.54. The first-order valence-electron chi connectivity index (χ1n) is 8.80. The number of esters is 1. The Balaban J connectivity index is 1.60. The third-order valence-electron chi connectivity index (χ3n) is 4.32. The molecule has 0 bridgehead atoms. The van der Waals surface area contributed by atoms with Crippen molar-refractivity contribution < 1.29 is 14.3 Å². The van der Waals surface area contributed by atoms with Gasteiger partial charge in [-0.05, 0) is 56.3 Å². The number of aromatic nitrogens is 2. The Morgan fingerprint density at radius 2 is 1.71 bits per heavy atom. The van der Waals surface area contributed by atoms with Crippen molar-refractivity contribution in [3.8, 4) is 5.75 Å². The van der Waals surface area contributed by atoms with Crippen molar-refractivity contribution in [1.29, 1.82) is 0 Å². The lowest BCUT2D eigenvalue weighted by atomic mass is 10.2. The number of anilines is 1. The van der Waals surface area contributed by atoms with Crippen LogP contribution in [0.1, 0.15) is 27.3 Å². The SMILES string of the molecule is Cc1nn(C)c(C)c1/C=C/C(=O)Oc1ccc(NC(=O)c2ccccc2)cc1. The maximum Gasteiger partial charge on any atom is 0.336 e. The van der Waals surface area contributed by atoms with Crippen molar-refractivity contribution in [1.82, 2.24) is 9.78 Å². The quantitative estimate of drug-likeness (QED) is 0.417. The molecule has 0 spiro atoms. The van der Waals surface area contributed by atoms with Crippen LogP contribution in [0.25, 0.3) is 6.08 Å². The van der Waals surface area contributed by atoms with Gasteiger partial charge in [0.25, 0.3) is 5.91 Å². The standard InChI is InChI=1S/C22H21N3O3/c1-15-20(16(2)25(3)24-15)13-14-21(26)28-19-11-9-18(10-12-19)23-22(27)17-7-5-4-6-8-17/h4-14H,1-3H3,(H,23,27)/b14-13+. The minimum absolute atomic E-state index is 0.199. The van der Waals surface area contributed by atoms with Gasteiger partial charge in [-0.15, -0.1) is 0 Å². The van der Waals surface area contributed by atoms with E-state index in [1.54, 1.807) is 59.3 Å². The number of nitrogens with one attached hydrogen (secondary N) is 1. The minimum Gasteiger partial charge on any atom is -0.423 e. The molecule has 0 saturated heterocycles. The fourth-order valence-electron chi connectivity index (χ4n) is 2.73. The molecule has 0 unspecified atom stereocenters. The molecule has 3 aromatic rings. The monoisotopic (exact) mass is 375 g/mol. The van der Waals surface area contributed by atoms with Crippen molar-refractivity contribution >= 4 is 23.6 Å². The second-order valence-electron chi connectivity index (χ2n) is 6.31. The van der Waals surface area contributed by atoms with Gasteiger partial charge in [-0.25, -0.2) is 4.79 Å². The smallest absolute Gasteiger partial charge is 0.336 e. The number of hydrogen-bond acceptors (Lipinski definition) is 4. The van der Waals surface area contributed by atoms with Gasteiger partial charge >= 0.3 is 5.97 Å². The van der Waals surface area contributed by atoms with Gasteiger partial charge in [-0.1, -0.05) is 18.2 Å². The van der Waals surface area contributed by atoms with Gasteiger partial charge in [0, 0.05) is 35.6 Å². The van der Waals surface area contributed by atoms with Crippen LogP contribution in [0.15, 0.2) is 60.7 Å². The molecule has 0 aliphatic carbocycles. The van der Waals surface area contributed by atoms with Crippen LogP contribution in [0.4, 0.5) is 5.69 Å². The molecule has 1 amide bonds. The highest BCUT2D eigenvalue weighted by atomic mass is 16.5. The summed E-state index contributed by atoms with van der Waals surface area (Å²) in [6, 6.07) is 15.6. The largest absolute Gasteiger partial charge is 0.423 e. The Kier molecular flexibility index (Phi) is 5.69. The van der Waals surface area contributed by atoms with E-state index in [1.165, 1.54) is 6.08 Å². The molecular formula is C22H21N3O3. The number of nitrogens with zero attached hydrogens (tertiary/aromatic N) is 2. The number of carbonyl (C=O) groups is 2. The van der Waals surface area contributed by atoms with E-state index in [0.29, 0.717) is 17.0 Å². The molecule has 6 nitrogen and oxygen atoms in total. The molecular weight excluding hydrogens is 354 g/mol. The molecule has 0 aliphatic heterocycles. The first-order valence-corrected chi connectivity index (χ1v) is 8.80. The number of carbonyl (C=O) groups excluding carboxylic acids is 2. The number of ether oxygens (including phenoxy) is 1. The zero-order valence-corrected chi connectivity index (χ0v) is 16.0. The Hall–Kier alpha value is -3.67. The van der Waals surface area contributed by atoms with Crippen LogP contribution in [0, 0.1) is 13.8 Å². The first-order chi connectivity index (χ1) is 13.4. The van der Waals surface area contributed by atoms with E-state index in [9.17, 15) is 9.59 Å². The Morgan fingerprint density at radius 1 is 1.04 bits per heavy atom. The predicted molar refractivity (Wildman–Crippen MR) is 108 cm³/mol. The number of hydrogen-bond donors (Lipinski definition) is 1. The minimum atomic E-state index is -0.483. The molecule has 0 fully saturated rings. The Labute approximate surface area is 163 Å². The third-order valence-corrected chi connectivity index (χ3v) is 4.32. The molecule has 0 saturated carbocycles. The molecule has 3 rings (SSSR count). The molecule has 0 radical (unpaired) electrons. The average Bonchev–Trinajstić information content (AvgIpc) is 2.94. The highest BCUT2D eigenvalue weighted by Crippen LogP contribution is 2.18. The summed E-state index contributed by atoms with van der Waals surface area (Å²) in [4.78, 5) is 24.2. The molecule has 0 atom stereocenters. The molecule has 142 valence electrons. The van der Waals surface area contributed by atoms with Crippen LogP contribution in [0.5, 0.6) is 5.75 Å². The van der Waals surface area contributed by atoms with Crippen molar-refractivity contribution in [2.24, 2.45) is 7.05 Å². The van der Waals surface area contributed by atoms with E-state index in [1.807, 2.05) is 27.0 Å². The van der Waals surface area contributed by atoms with E-state index in [-0.39, 0.29) is 5.91 Å². The van der Waals surface area contributed by atoms with Crippen molar-refractivity contribution in [2.75, 3.05) is 5.32 Å². The number of amides is 1. The van der Waals surface area contributed by atoms with Crippen LogP contribution < -0.4 is 10.1 Å². The molecule has 2 aromatic carbocycles. The number of aryl methyl sites for hydroxylation is 2. The van der Waals surface area contributed by atoms with Crippen LogP contribution in [0.2, 0.25) is 0 Å². The summed E-state index contributed by atoms with van der Waals surface area (Å²) in [5, 5.41) is 7.10. The van der Waals surface area contributed by atoms with Gasteiger partial charge < -0.3 is 10.1 Å². The lowest BCUT2D eigenvalue weighted by molar-refractivity contribution is -0.128. The van der Waals surface area contributed by atoms with Crippen molar-refractivity contribution in [3.63, 3.8) is 0 Å². The molecule has 1 heterocycles. The van der Waals surface area contributed by atoms with Crippen LogP contribution in [-0.2, 0) is 11.8 Å². The van der Waals surface area contributed by atoms with E-state index in [4.69, 9.17) is 4.74 Å². The van der Waals surface area contributed by atoms with Gasteiger partial charge in [0.15, 0.2) is 0 Å². The molecule has 1 N–H and O–H groups in total. The zero-order valence-electron chi connectivity index (χ0n) is 16.0. The van der Waals surface area contributed by atoms with Crippen molar-refractivity contribution in [3.05, 3.63) is 83.2 Å². The topological polar surface area (TPSA) is 73.2 Å². The second-order valence-corrected chi connectivity index (χ2v) is 6.31. The highest BCUT2D eigenvalue weighted by Gasteiger charge is 2.08. The summed E-state index contributed by atoms with van der Waals surface area (Å²) in [5.41, 5.74) is 3.91. The Bertz CT molecular complexity index is 1020. The summed E-state index contributed by atoms with van der Waals surface area (Å²) in [7, 11) is 1.86. The summed E-state index contributed by atoms with van der Waals surface area (Å²) in [5.74, 6) is -0.286. The number of rotatable bonds is 5. The number of benzene rings is 2. The average molecular weight is 375 g/mol. The van der Waals surface area contributed by atoms with Gasteiger partial charge in [-0.3, -0.25) is 9.48 Å². The summed E-state index contributed by atoms with van der Waals surface area (Å²) in [6.45, 7) is 3.83. The van der Waals surface area contributed by atoms with Gasteiger partial charge in [-0.2, -0.15) is 5.10 Å². The van der Waals surface area contributed by atoms with E-state index >= 15 is 0 Å². The molecule has 28 heavy (non-hydrogen) atoms. The van der Waals surface area contributed by atoms with Crippen molar-refractivity contribution in [2.45, 2.75) is 13.8 Å². The van der Waals surface area contributed by atoms with Crippen LogP contribution in [-0.4, -0.2) is 21.7 Å². The lowest BCUT2D eigenvalue weighted by Crippen LogP contribution is -2.11. The molecule has 0 aliphatic rings. The maximum atomic E-state index is 12.1. The highest BCUT2D eigenvalue weighted by molar-refractivity contribution is 6.04. The maximum absolute atomic E-state index is 12.1. The fraction of sp³-hybridized carbons (Fsp3) is 0.136. The molecule has 1 aromatic heterocycles. The van der Waals surface area contributed by atoms with E-state index in [0.717, 1.165) is 17.0 Å². The molecule has 6 heteroatoms. The summed E-state index contributed by atoms with van der Waals surface area (Å²) in [6.07, 6.45) is 3.08. The zero-order chi connectivity index (χ0) is 20.1. The Morgan fingerprint density at radius 3 is 2.32 bits per heavy atom. The first kappa shape index (κ1) is 19.1. The predicted octanol–water partition coefficient (Wildman–Crippen LogP) is 3.91. The van der Waals surface area contributed by atoms with Gasteiger partial charge in [0.1, 0.15) is 5.75 Å². The normalized spacial score (nSPS) is 10.8.